The third-order valence-electron chi connectivity index (χ3n) is 4.48. The molecule has 0 aromatic heterocycles. The second kappa shape index (κ2) is 7.88. The van der Waals surface area contributed by atoms with Gasteiger partial charge in [0.15, 0.2) is 11.5 Å². The van der Waals surface area contributed by atoms with Gasteiger partial charge in [-0.15, -0.1) is 0 Å². The summed E-state index contributed by atoms with van der Waals surface area (Å²) in [5, 5.41) is 0. The summed E-state index contributed by atoms with van der Waals surface area (Å²) in [4.78, 5) is 7.03. The van der Waals surface area contributed by atoms with Crippen LogP contribution in [-0.2, 0) is 17.7 Å². The third kappa shape index (κ3) is 4.41. The van der Waals surface area contributed by atoms with E-state index in [1.54, 1.807) is 21.3 Å². The van der Waals surface area contributed by atoms with Crippen molar-refractivity contribution in [2.75, 3.05) is 34.5 Å². The zero-order valence-electron chi connectivity index (χ0n) is 15.8. The molecule has 1 atom stereocenters. The lowest BCUT2D eigenvalue weighted by molar-refractivity contribution is 0.135. The predicted octanol–water partition coefficient (Wildman–Crippen LogP) is 3.15. The van der Waals surface area contributed by atoms with Crippen molar-refractivity contribution in [3.8, 4) is 11.5 Å². The Morgan fingerprint density at radius 1 is 1.12 bits per heavy atom. The van der Waals surface area contributed by atoms with Gasteiger partial charge in [0.1, 0.15) is 0 Å². The fourth-order valence-electron chi connectivity index (χ4n) is 2.85. The van der Waals surface area contributed by atoms with E-state index in [1.807, 2.05) is 6.34 Å². The Hall–Kier alpha value is -1.75. The molecule has 0 bridgehead atoms. The molecule has 0 amide bonds. The van der Waals surface area contributed by atoms with Crippen molar-refractivity contribution in [1.82, 2.24) is 4.90 Å². The molecule has 1 aliphatic heterocycles. The fraction of sp³-hybridized carbons (Fsp3) is 0.632. The lowest BCUT2D eigenvalue weighted by Crippen LogP contribution is -2.33. The second-order valence-corrected chi connectivity index (χ2v) is 7.30. The van der Waals surface area contributed by atoms with Crippen LogP contribution in [0.15, 0.2) is 17.1 Å². The Kier molecular flexibility index (Phi) is 6.10. The second-order valence-electron chi connectivity index (χ2n) is 7.30. The van der Waals surface area contributed by atoms with Crippen molar-refractivity contribution < 1.29 is 14.2 Å². The van der Waals surface area contributed by atoms with E-state index in [2.05, 4.69) is 37.8 Å². The molecule has 24 heavy (non-hydrogen) atoms. The van der Waals surface area contributed by atoms with Crippen molar-refractivity contribution in [2.24, 2.45) is 10.4 Å². The summed E-state index contributed by atoms with van der Waals surface area (Å²) in [6.45, 7) is 9.00. The molecule has 1 aromatic carbocycles. The molecule has 0 aliphatic carbocycles. The van der Waals surface area contributed by atoms with Gasteiger partial charge in [-0.05, 0) is 35.1 Å². The summed E-state index contributed by atoms with van der Waals surface area (Å²) >= 11 is 0. The van der Waals surface area contributed by atoms with E-state index >= 15 is 0 Å². The first-order valence-electron chi connectivity index (χ1n) is 8.39. The number of nitrogens with zero attached hydrogens (tertiary/aromatic N) is 2. The van der Waals surface area contributed by atoms with Crippen molar-refractivity contribution in [1.29, 1.82) is 0 Å². The van der Waals surface area contributed by atoms with E-state index in [9.17, 15) is 0 Å². The molecule has 5 nitrogen and oxygen atoms in total. The molecule has 5 heteroatoms. The lowest BCUT2D eigenvalue weighted by atomic mass is 9.88. The summed E-state index contributed by atoms with van der Waals surface area (Å²) in [6.07, 6.45) is 2.96. The fourth-order valence-corrected chi connectivity index (χ4v) is 2.85. The van der Waals surface area contributed by atoms with E-state index in [4.69, 9.17) is 19.2 Å². The van der Waals surface area contributed by atoms with Gasteiger partial charge in [0.2, 0.25) is 0 Å². The van der Waals surface area contributed by atoms with Crippen molar-refractivity contribution in [3.63, 3.8) is 0 Å². The molecule has 0 fully saturated rings. The van der Waals surface area contributed by atoms with Crippen LogP contribution < -0.4 is 9.47 Å². The first-order valence-corrected chi connectivity index (χ1v) is 8.39. The van der Waals surface area contributed by atoms with E-state index in [-0.39, 0.29) is 11.5 Å². The minimum absolute atomic E-state index is 0.0801. The monoisotopic (exact) mass is 334 g/mol. The zero-order chi connectivity index (χ0) is 17.7. The molecule has 0 unspecified atom stereocenters. The number of methoxy groups -OCH3 is 3. The van der Waals surface area contributed by atoms with Crippen molar-refractivity contribution >= 4 is 6.34 Å². The van der Waals surface area contributed by atoms with Gasteiger partial charge in [0.05, 0.1) is 33.2 Å². The Balaban J connectivity index is 2.13. The maximum Gasteiger partial charge on any atom is 0.161 e. The molecular formula is C19H30N2O3. The maximum atomic E-state index is 5.42. The standard InChI is InChI=1S/C19H30N2O3/c1-19(2,3)18(12-22-4)20-13-21-8-7-14-9-16(23-5)17(24-6)10-15(14)11-21/h9-10,13,18H,7-8,11-12H2,1-6H3/t18-/m1/s1. The number of rotatable bonds is 6. The normalized spacial score (nSPS) is 16.2. The molecule has 0 saturated carbocycles. The molecule has 1 aromatic rings. The molecule has 0 saturated heterocycles. The number of ether oxygens (including phenoxy) is 3. The zero-order valence-corrected chi connectivity index (χ0v) is 15.8. The van der Waals surface area contributed by atoms with Crippen LogP contribution in [0, 0.1) is 5.41 Å². The molecule has 0 N–H and O–H groups in total. The van der Waals surface area contributed by atoms with E-state index in [0.717, 1.165) is 31.0 Å². The maximum absolute atomic E-state index is 5.42. The molecular weight excluding hydrogens is 304 g/mol. The highest BCUT2D eigenvalue weighted by Gasteiger charge is 2.24. The van der Waals surface area contributed by atoms with Crippen LogP contribution in [0.1, 0.15) is 31.9 Å². The lowest BCUT2D eigenvalue weighted by Gasteiger charge is -2.30. The topological polar surface area (TPSA) is 43.3 Å². The van der Waals surface area contributed by atoms with Gasteiger partial charge in [-0.2, -0.15) is 0 Å². The van der Waals surface area contributed by atoms with E-state index < -0.39 is 0 Å². The summed E-state index contributed by atoms with van der Waals surface area (Å²) in [6, 6.07) is 4.31. The number of hydrogen-bond donors (Lipinski definition) is 0. The third-order valence-corrected chi connectivity index (χ3v) is 4.48. The van der Waals surface area contributed by atoms with Crippen molar-refractivity contribution in [2.45, 2.75) is 39.8 Å². The minimum atomic E-state index is 0.0801. The van der Waals surface area contributed by atoms with E-state index in [0.29, 0.717) is 6.61 Å². The molecule has 2 rings (SSSR count). The van der Waals surface area contributed by atoms with Gasteiger partial charge < -0.3 is 19.1 Å². The van der Waals surface area contributed by atoms with Crippen molar-refractivity contribution in [3.05, 3.63) is 23.3 Å². The average Bonchev–Trinajstić information content (AvgIpc) is 2.56. The Labute approximate surface area is 145 Å². The van der Waals surface area contributed by atoms with Gasteiger partial charge in [-0.1, -0.05) is 20.8 Å². The van der Waals surface area contributed by atoms with Gasteiger partial charge in [0, 0.05) is 20.2 Å². The smallest absolute Gasteiger partial charge is 0.161 e. The van der Waals surface area contributed by atoms with Gasteiger partial charge in [-0.25, -0.2) is 0 Å². The van der Waals surface area contributed by atoms with E-state index in [1.165, 1.54) is 11.1 Å². The van der Waals surface area contributed by atoms with Crippen LogP contribution in [0.5, 0.6) is 11.5 Å². The Morgan fingerprint density at radius 2 is 1.75 bits per heavy atom. The van der Waals surface area contributed by atoms with Crippen LogP contribution in [0.2, 0.25) is 0 Å². The number of benzene rings is 1. The summed E-state index contributed by atoms with van der Waals surface area (Å²) < 4.78 is 16.1. The minimum Gasteiger partial charge on any atom is -0.493 e. The summed E-state index contributed by atoms with van der Waals surface area (Å²) in [7, 11) is 5.07. The average molecular weight is 334 g/mol. The number of fused-ring (bicyclic) bond motifs is 1. The highest BCUT2D eigenvalue weighted by molar-refractivity contribution is 5.58. The van der Waals surface area contributed by atoms with Gasteiger partial charge in [-0.3, -0.25) is 4.99 Å². The summed E-state index contributed by atoms with van der Waals surface area (Å²) in [5.74, 6) is 1.58. The first kappa shape index (κ1) is 18.6. The van der Waals surface area contributed by atoms with Crippen LogP contribution in [0.4, 0.5) is 0 Å². The quantitative estimate of drug-likeness (QED) is 0.592. The highest BCUT2D eigenvalue weighted by Crippen LogP contribution is 2.33. The van der Waals surface area contributed by atoms with Gasteiger partial charge in [0.25, 0.3) is 0 Å². The summed E-state index contributed by atoms with van der Waals surface area (Å²) in [5.41, 5.74) is 2.67. The van der Waals surface area contributed by atoms with Crippen LogP contribution in [0.3, 0.4) is 0 Å². The number of hydrogen-bond acceptors (Lipinski definition) is 4. The van der Waals surface area contributed by atoms with Gasteiger partial charge >= 0.3 is 0 Å². The SMILES string of the molecule is COC[C@@H](N=CN1CCc2cc(OC)c(OC)cc2C1)C(C)(C)C. The molecule has 1 aliphatic rings. The largest absolute Gasteiger partial charge is 0.493 e. The molecule has 0 radical (unpaired) electrons. The van der Waals surface area contributed by atoms with Crippen LogP contribution >= 0.6 is 0 Å². The predicted molar refractivity (Wildman–Crippen MR) is 97.3 cm³/mol. The molecule has 1 heterocycles. The Morgan fingerprint density at radius 3 is 2.29 bits per heavy atom. The number of aliphatic imine (C=N–C) groups is 1. The Bertz CT molecular complexity index is 579. The van der Waals surface area contributed by atoms with Crippen LogP contribution in [0.25, 0.3) is 0 Å². The molecule has 134 valence electrons. The van der Waals surface area contributed by atoms with Crippen LogP contribution in [-0.4, -0.2) is 51.8 Å². The molecule has 0 spiro atoms. The first-order chi connectivity index (χ1) is 11.4. The highest BCUT2D eigenvalue weighted by atomic mass is 16.5.